The fraction of sp³-hybridized carbons (Fsp3) is 0.364. The van der Waals surface area contributed by atoms with E-state index in [9.17, 15) is 13.6 Å². The lowest BCUT2D eigenvalue weighted by Crippen LogP contribution is -2.46. The number of piperazine rings is 1. The average Bonchev–Trinajstić information content (AvgIpc) is 2.35. The first-order valence-corrected chi connectivity index (χ1v) is 6.03. The maximum absolute atomic E-state index is 13.2. The maximum Gasteiger partial charge on any atom is 0.254 e. The summed E-state index contributed by atoms with van der Waals surface area (Å²) in [5.74, 6) is -2.26. The first-order chi connectivity index (χ1) is 8.09. The molecule has 2 rings (SSSR count). The molecular weight excluding hydrogens is 294 g/mol. The highest BCUT2D eigenvalue weighted by Gasteiger charge is 2.20. The van der Waals surface area contributed by atoms with Gasteiger partial charge in [-0.2, -0.15) is 0 Å². The molecule has 0 radical (unpaired) electrons. The lowest BCUT2D eigenvalue weighted by atomic mass is 10.1. The first kappa shape index (κ1) is 12.4. The van der Waals surface area contributed by atoms with Crippen LogP contribution < -0.4 is 5.32 Å². The molecule has 1 aliphatic rings. The van der Waals surface area contributed by atoms with Gasteiger partial charge in [-0.05, 0) is 28.1 Å². The molecule has 1 N–H and O–H groups in total. The van der Waals surface area contributed by atoms with E-state index in [4.69, 9.17) is 0 Å². The third-order valence-electron chi connectivity index (χ3n) is 2.63. The number of hydrogen-bond donors (Lipinski definition) is 1. The average molecular weight is 305 g/mol. The molecule has 0 aromatic heterocycles. The van der Waals surface area contributed by atoms with Crippen molar-refractivity contribution in [3.63, 3.8) is 0 Å². The molecule has 17 heavy (non-hydrogen) atoms. The highest BCUT2D eigenvalue weighted by molar-refractivity contribution is 9.10. The Labute approximate surface area is 106 Å². The molecule has 1 aromatic rings. The molecule has 1 aromatic carbocycles. The van der Waals surface area contributed by atoms with Gasteiger partial charge in [0, 0.05) is 31.7 Å². The maximum atomic E-state index is 13.2. The van der Waals surface area contributed by atoms with Crippen molar-refractivity contribution in [2.75, 3.05) is 26.2 Å². The molecule has 6 heteroatoms. The SMILES string of the molecule is O=C(c1cc(F)c(F)c(Br)c1)N1CCNCC1. The van der Waals surface area contributed by atoms with Crippen LogP contribution in [0.15, 0.2) is 16.6 Å². The zero-order valence-electron chi connectivity index (χ0n) is 8.97. The van der Waals surface area contributed by atoms with Crippen molar-refractivity contribution in [1.29, 1.82) is 0 Å². The number of halogens is 3. The second kappa shape index (κ2) is 5.10. The van der Waals surface area contributed by atoms with E-state index in [1.807, 2.05) is 0 Å². The van der Waals surface area contributed by atoms with E-state index in [1.165, 1.54) is 6.07 Å². The Hall–Kier alpha value is -1.01. The molecule has 0 bridgehead atoms. The highest BCUT2D eigenvalue weighted by atomic mass is 79.9. The van der Waals surface area contributed by atoms with E-state index < -0.39 is 11.6 Å². The zero-order valence-corrected chi connectivity index (χ0v) is 10.6. The van der Waals surface area contributed by atoms with Gasteiger partial charge in [0.05, 0.1) is 4.47 Å². The molecular formula is C11H11BrF2N2O. The topological polar surface area (TPSA) is 32.3 Å². The predicted octanol–water partition coefficient (Wildman–Crippen LogP) is 1.77. The summed E-state index contributed by atoms with van der Waals surface area (Å²) in [6.45, 7) is 2.60. The summed E-state index contributed by atoms with van der Waals surface area (Å²) >= 11 is 2.89. The quantitative estimate of drug-likeness (QED) is 0.802. The largest absolute Gasteiger partial charge is 0.336 e. The Bertz CT molecular complexity index is 424. The van der Waals surface area contributed by atoms with Gasteiger partial charge in [0.25, 0.3) is 5.91 Å². The van der Waals surface area contributed by atoms with Crippen LogP contribution in [-0.4, -0.2) is 37.0 Å². The Morgan fingerprint density at radius 1 is 1.29 bits per heavy atom. The number of carbonyl (C=O) groups excluding carboxylic acids is 1. The number of carbonyl (C=O) groups is 1. The lowest BCUT2D eigenvalue weighted by Gasteiger charge is -2.27. The molecule has 0 aliphatic carbocycles. The van der Waals surface area contributed by atoms with Gasteiger partial charge in [0.2, 0.25) is 0 Å². The van der Waals surface area contributed by atoms with E-state index in [-0.39, 0.29) is 15.9 Å². The van der Waals surface area contributed by atoms with E-state index in [1.54, 1.807) is 4.90 Å². The summed E-state index contributed by atoms with van der Waals surface area (Å²) in [6.07, 6.45) is 0. The summed E-state index contributed by atoms with van der Waals surface area (Å²) in [6, 6.07) is 2.24. The molecule has 1 heterocycles. The second-order valence-corrected chi connectivity index (χ2v) is 4.65. The van der Waals surface area contributed by atoms with E-state index >= 15 is 0 Å². The fourth-order valence-electron chi connectivity index (χ4n) is 1.73. The standard InChI is InChI=1S/C11H11BrF2N2O/c12-8-5-7(6-9(13)10(8)14)11(17)16-3-1-15-2-4-16/h5-6,15H,1-4H2. The van der Waals surface area contributed by atoms with Crippen LogP contribution in [0, 0.1) is 11.6 Å². The van der Waals surface area contributed by atoms with Crippen LogP contribution in [-0.2, 0) is 0 Å². The molecule has 0 atom stereocenters. The van der Waals surface area contributed by atoms with Crippen molar-refractivity contribution in [2.45, 2.75) is 0 Å². The fourth-order valence-corrected chi connectivity index (χ4v) is 2.17. The molecule has 0 unspecified atom stereocenters. The summed E-state index contributed by atoms with van der Waals surface area (Å²) in [7, 11) is 0. The molecule has 1 amide bonds. The summed E-state index contributed by atoms with van der Waals surface area (Å²) in [4.78, 5) is 13.6. The summed E-state index contributed by atoms with van der Waals surface area (Å²) in [5, 5.41) is 3.12. The Balaban J connectivity index is 2.24. The van der Waals surface area contributed by atoms with Crippen LogP contribution in [0.4, 0.5) is 8.78 Å². The molecule has 1 saturated heterocycles. The minimum atomic E-state index is -1.02. The minimum absolute atomic E-state index is 0.0315. The number of hydrogen-bond acceptors (Lipinski definition) is 2. The highest BCUT2D eigenvalue weighted by Crippen LogP contribution is 2.21. The van der Waals surface area contributed by atoms with Crippen LogP contribution in [0.25, 0.3) is 0 Å². The van der Waals surface area contributed by atoms with Gasteiger partial charge < -0.3 is 10.2 Å². The van der Waals surface area contributed by atoms with E-state index in [0.717, 1.165) is 19.2 Å². The molecule has 0 spiro atoms. The Morgan fingerprint density at radius 3 is 2.53 bits per heavy atom. The van der Waals surface area contributed by atoms with Crippen LogP contribution in [0.3, 0.4) is 0 Å². The normalized spacial score (nSPS) is 16.1. The summed E-state index contributed by atoms with van der Waals surface area (Å²) < 4.78 is 26.2. The number of amides is 1. The zero-order chi connectivity index (χ0) is 12.4. The minimum Gasteiger partial charge on any atom is -0.336 e. The van der Waals surface area contributed by atoms with Crippen molar-refractivity contribution in [2.24, 2.45) is 0 Å². The third-order valence-corrected chi connectivity index (χ3v) is 3.21. The third kappa shape index (κ3) is 2.63. The summed E-state index contributed by atoms with van der Waals surface area (Å²) in [5.41, 5.74) is 0.165. The van der Waals surface area contributed by atoms with Gasteiger partial charge in [-0.1, -0.05) is 0 Å². The predicted molar refractivity (Wildman–Crippen MR) is 62.8 cm³/mol. The van der Waals surface area contributed by atoms with Gasteiger partial charge >= 0.3 is 0 Å². The van der Waals surface area contributed by atoms with Gasteiger partial charge in [0.1, 0.15) is 0 Å². The van der Waals surface area contributed by atoms with Gasteiger partial charge in [0.15, 0.2) is 11.6 Å². The van der Waals surface area contributed by atoms with Crippen molar-refractivity contribution in [3.8, 4) is 0 Å². The van der Waals surface area contributed by atoms with Crippen molar-refractivity contribution in [3.05, 3.63) is 33.8 Å². The van der Waals surface area contributed by atoms with Gasteiger partial charge in [-0.25, -0.2) is 8.78 Å². The van der Waals surface area contributed by atoms with Gasteiger partial charge in [-0.15, -0.1) is 0 Å². The van der Waals surface area contributed by atoms with Crippen LogP contribution >= 0.6 is 15.9 Å². The molecule has 1 aliphatic heterocycles. The monoisotopic (exact) mass is 304 g/mol. The molecule has 0 saturated carbocycles. The lowest BCUT2D eigenvalue weighted by molar-refractivity contribution is 0.0735. The second-order valence-electron chi connectivity index (χ2n) is 3.80. The Morgan fingerprint density at radius 2 is 1.94 bits per heavy atom. The molecule has 3 nitrogen and oxygen atoms in total. The van der Waals surface area contributed by atoms with Crippen LogP contribution in [0.2, 0.25) is 0 Å². The Kier molecular flexibility index (Phi) is 3.73. The first-order valence-electron chi connectivity index (χ1n) is 5.24. The number of nitrogens with one attached hydrogen (secondary N) is 1. The van der Waals surface area contributed by atoms with Gasteiger partial charge in [-0.3, -0.25) is 4.79 Å². The van der Waals surface area contributed by atoms with Crippen molar-refractivity contribution in [1.82, 2.24) is 10.2 Å². The molecule has 1 fully saturated rings. The molecule has 92 valence electrons. The van der Waals surface area contributed by atoms with E-state index in [0.29, 0.717) is 13.1 Å². The number of benzene rings is 1. The smallest absolute Gasteiger partial charge is 0.254 e. The van der Waals surface area contributed by atoms with Crippen molar-refractivity contribution < 1.29 is 13.6 Å². The van der Waals surface area contributed by atoms with Crippen LogP contribution in [0.1, 0.15) is 10.4 Å². The van der Waals surface area contributed by atoms with Crippen LogP contribution in [0.5, 0.6) is 0 Å². The van der Waals surface area contributed by atoms with Crippen molar-refractivity contribution >= 4 is 21.8 Å². The number of rotatable bonds is 1. The van der Waals surface area contributed by atoms with E-state index in [2.05, 4.69) is 21.2 Å². The number of nitrogens with zero attached hydrogens (tertiary/aromatic N) is 1.